The third-order valence-electron chi connectivity index (χ3n) is 4.66. The summed E-state index contributed by atoms with van der Waals surface area (Å²) in [5.41, 5.74) is -2.50. The lowest BCUT2D eigenvalue weighted by atomic mass is 10.1. The molecular weight excluding hydrogens is 461 g/mol. The highest BCUT2D eigenvalue weighted by Crippen LogP contribution is 2.33. The van der Waals surface area contributed by atoms with Gasteiger partial charge in [0.2, 0.25) is 11.8 Å². The second-order valence-electron chi connectivity index (χ2n) is 7.03. The summed E-state index contributed by atoms with van der Waals surface area (Å²) in [6.07, 6.45) is -7.42. The Labute approximate surface area is 183 Å². The van der Waals surface area contributed by atoms with Crippen molar-refractivity contribution in [2.24, 2.45) is 0 Å². The van der Waals surface area contributed by atoms with Crippen LogP contribution in [0.3, 0.4) is 0 Å². The largest absolute Gasteiger partial charge is 0.475 e. The first-order valence-corrected chi connectivity index (χ1v) is 9.55. The number of hydrogen-bond acceptors (Lipinski definition) is 4. The van der Waals surface area contributed by atoms with Crippen molar-refractivity contribution in [1.82, 2.24) is 9.88 Å². The molecule has 12 heteroatoms. The van der Waals surface area contributed by atoms with Crippen molar-refractivity contribution in [2.75, 3.05) is 26.3 Å². The predicted octanol–water partition coefficient (Wildman–Crippen LogP) is 4.58. The van der Waals surface area contributed by atoms with Crippen LogP contribution in [0.15, 0.2) is 42.6 Å². The van der Waals surface area contributed by atoms with Crippen molar-refractivity contribution in [3.05, 3.63) is 65.1 Å². The van der Waals surface area contributed by atoms with E-state index in [4.69, 9.17) is 9.47 Å². The topological polar surface area (TPSA) is 51.7 Å². The summed E-state index contributed by atoms with van der Waals surface area (Å²) in [4.78, 5) is 17.3. The van der Waals surface area contributed by atoms with E-state index in [1.165, 1.54) is 4.90 Å². The lowest BCUT2D eigenvalue weighted by molar-refractivity contribution is -0.138. The third kappa shape index (κ3) is 6.67. The molecule has 0 radical (unpaired) electrons. The van der Waals surface area contributed by atoms with Gasteiger partial charge in [-0.1, -0.05) is 6.07 Å². The molecule has 0 saturated carbocycles. The fourth-order valence-electron chi connectivity index (χ4n) is 3.02. The molecule has 1 atom stereocenters. The number of rotatable bonds is 5. The Bertz CT molecular complexity index is 1000. The number of amides is 1. The number of benzene rings is 1. The fourth-order valence-corrected chi connectivity index (χ4v) is 3.02. The first kappa shape index (κ1) is 24.5. The third-order valence-corrected chi connectivity index (χ3v) is 4.66. The second kappa shape index (κ2) is 9.77. The number of morpholine rings is 1. The van der Waals surface area contributed by atoms with Crippen LogP contribution in [-0.4, -0.2) is 48.2 Å². The van der Waals surface area contributed by atoms with Crippen LogP contribution in [0.2, 0.25) is 0 Å². The van der Waals surface area contributed by atoms with Crippen LogP contribution < -0.4 is 4.74 Å². The standard InChI is InChI=1S/C21H17F7N2O3/c22-15-4-1-13(17(9-15)21(26,27)28)2-6-19(31)30-7-8-32-16(11-30)12-33-18-5-3-14(10-29-18)20(23,24)25/h1-6,9-10,16H,7-8,11-12H2. The molecule has 178 valence electrons. The maximum absolute atomic E-state index is 13.2. The Hall–Kier alpha value is -3.15. The van der Waals surface area contributed by atoms with Gasteiger partial charge in [0.05, 0.1) is 24.3 Å². The maximum Gasteiger partial charge on any atom is 0.417 e. The molecule has 1 aliphatic heterocycles. The van der Waals surface area contributed by atoms with Crippen molar-refractivity contribution < 1.29 is 45.0 Å². The first-order valence-electron chi connectivity index (χ1n) is 9.55. The van der Waals surface area contributed by atoms with E-state index in [9.17, 15) is 35.5 Å². The van der Waals surface area contributed by atoms with Crippen LogP contribution in [-0.2, 0) is 21.9 Å². The highest BCUT2D eigenvalue weighted by Gasteiger charge is 2.33. The molecule has 1 saturated heterocycles. The molecule has 1 unspecified atom stereocenters. The Morgan fingerprint density at radius 3 is 2.55 bits per heavy atom. The van der Waals surface area contributed by atoms with Gasteiger partial charge in [0.15, 0.2) is 0 Å². The van der Waals surface area contributed by atoms with Gasteiger partial charge in [-0.2, -0.15) is 26.3 Å². The van der Waals surface area contributed by atoms with E-state index in [2.05, 4.69) is 4.98 Å². The van der Waals surface area contributed by atoms with Gasteiger partial charge >= 0.3 is 12.4 Å². The zero-order valence-electron chi connectivity index (χ0n) is 16.8. The summed E-state index contributed by atoms with van der Waals surface area (Å²) in [5.74, 6) is -1.70. The molecule has 0 spiro atoms. The molecule has 1 aliphatic rings. The number of aromatic nitrogens is 1. The monoisotopic (exact) mass is 478 g/mol. The van der Waals surface area contributed by atoms with E-state index >= 15 is 0 Å². The first-order chi connectivity index (χ1) is 15.4. The van der Waals surface area contributed by atoms with Gasteiger partial charge < -0.3 is 14.4 Å². The van der Waals surface area contributed by atoms with Crippen LogP contribution in [0.5, 0.6) is 5.88 Å². The van der Waals surface area contributed by atoms with Crippen LogP contribution in [0.4, 0.5) is 30.7 Å². The van der Waals surface area contributed by atoms with Gasteiger partial charge in [0, 0.05) is 24.9 Å². The quantitative estimate of drug-likeness (QED) is 0.467. The van der Waals surface area contributed by atoms with E-state index in [0.717, 1.165) is 36.4 Å². The molecule has 0 bridgehead atoms. The highest BCUT2D eigenvalue weighted by atomic mass is 19.4. The minimum atomic E-state index is -4.79. The van der Waals surface area contributed by atoms with Crippen molar-refractivity contribution in [3.63, 3.8) is 0 Å². The molecule has 0 aliphatic carbocycles. The van der Waals surface area contributed by atoms with Crippen LogP contribution in [0.25, 0.3) is 6.08 Å². The van der Waals surface area contributed by atoms with Gasteiger partial charge in [-0.25, -0.2) is 9.37 Å². The average Bonchev–Trinajstić information content (AvgIpc) is 2.76. The number of carbonyl (C=O) groups is 1. The molecule has 3 rings (SSSR count). The Morgan fingerprint density at radius 1 is 1.15 bits per heavy atom. The molecule has 1 aromatic carbocycles. The van der Waals surface area contributed by atoms with Crippen LogP contribution in [0.1, 0.15) is 16.7 Å². The second-order valence-corrected chi connectivity index (χ2v) is 7.03. The van der Waals surface area contributed by atoms with E-state index in [1.54, 1.807) is 0 Å². The summed E-state index contributed by atoms with van der Waals surface area (Å²) in [7, 11) is 0. The molecule has 2 aromatic rings. The van der Waals surface area contributed by atoms with Gasteiger partial charge in [0.1, 0.15) is 18.5 Å². The highest BCUT2D eigenvalue weighted by molar-refractivity contribution is 5.92. The maximum atomic E-state index is 13.2. The number of nitrogens with zero attached hydrogens (tertiary/aromatic N) is 2. The number of alkyl halides is 6. The molecule has 5 nitrogen and oxygen atoms in total. The van der Waals surface area contributed by atoms with Crippen molar-refractivity contribution in [2.45, 2.75) is 18.5 Å². The number of hydrogen-bond donors (Lipinski definition) is 0. The molecule has 2 heterocycles. The minimum absolute atomic E-state index is 0.0410. The minimum Gasteiger partial charge on any atom is -0.475 e. The number of carbonyl (C=O) groups excluding carboxylic acids is 1. The SMILES string of the molecule is O=C(C=Cc1ccc(F)cc1C(F)(F)F)N1CCOC(COc2ccc(C(F)(F)F)cn2)C1. The average molecular weight is 478 g/mol. The summed E-state index contributed by atoms with van der Waals surface area (Å²) in [6, 6.07) is 4.00. The molecule has 33 heavy (non-hydrogen) atoms. The Kier molecular flexibility index (Phi) is 7.25. The lowest BCUT2D eigenvalue weighted by Crippen LogP contribution is -2.47. The van der Waals surface area contributed by atoms with E-state index in [0.29, 0.717) is 12.3 Å². The zero-order valence-corrected chi connectivity index (χ0v) is 16.8. The van der Waals surface area contributed by atoms with Gasteiger partial charge in [-0.15, -0.1) is 0 Å². The van der Waals surface area contributed by atoms with Gasteiger partial charge in [-0.3, -0.25) is 4.79 Å². The number of halogens is 7. The fraction of sp³-hybridized carbons (Fsp3) is 0.333. The van der Waals surface area contributed by atoms with Crippen molar-refractivity contribution in [3.8, 4) is 5.88 Å². The predicted molar refractivity (Wildman–Crippen MR) is 101 cm³/mol. The van der Waals surface area contributed by atoms with Crippen LogP contribution in [0, 0.1) is 5.82 Å². The van der Waals surface area contributed by atoms with Crippen molar-refractivity contribution in [1.29, 1.82) is 0 Å². The smallest absolute Gasteiger partial charge is 0.417 e. The number of ether oxygens (including phenoxy) is 2. The van der Waals surface area contributed by atoms with E-state index < -0.39 is 41.3 Å². The summed E-state index contributed by atoms with van der Waals surface area (Å²) in [5, 5.41) is 0. The summed E-state index contributed by atoms with van der Waals surface area (Å²) in [6.45, 7) is 0.230. The molecule has 1 aromatic heterocycles. The summed E-state index contributed by atoms with van der Waals surface area (Å²) < 4.78 is 101. The van der Waals surface area contributed by atoms with Crippen LogP contribution >= 0.6 is 0 Å². The Morgan fingerprint density at radius 2 is 1.91 bits per heavy atom. The van der Waals surface area contributed by atoms with E-state index in [1.807, 2.05) is 0 Å². The Balaban J connectivity index is 1.59. The van der Waals surface area contributed by atoms with Crippen molar-refractivity contribution >= 4 is 12.0 Å². The van der Waals surface area contributed by atoms with Gasteiger partial charge in [0.25, 0.3) is 0 Å². The summed E-state index contributed by atoms with van der Waals surface area (Å²) >= 11 is 0. The molecular formula is C21H17F7N2O3. The normalized spacial score (nSPS) is 17.4. The molecule has 1 fully saturated rings. The number of pyridine rings is 1. The lowest BCUT2D eigenvalue weighted by Gasteiger charge is -2.32. The van der Waals surface area contributed by atoms with Gasteiger partial charge in [-0.05, 0) is 29.8 Å². The zero-order chi connectivity index (χ0) is 24.2. The van der Waals surface area contributed by atoms with E-state index in [-0.39, 0.29) is 37.7 Å². The molecule has 0 N–H and O–H groups in total. The molecule has 1 amide bonds.